The topological polar surface area (TPSA) is 59.6 Å². The maximum atomic E-state index is 12.1. The highest BCUT2D eigenvalue weighted by Gasteiger charge is 2.15. The number of methoxy groups -OCH3 is 2. The van der Waals surface area contributed by atoms with Gasteiger partial charge in [-0.2, -0.15) is 0 Å². The maximum Gasteiger partial charge on any atom is 0.319 e. The van der Waals surface area contributed by atoms with E-state index in [1.165, 1.54) is 12.0 Å². The third-order valence-corrected chi connectivity index (χ3v) is 4.55. The second-order valence-corrected chi connectivity index (χ2v) is 6.61. The van der Waals surface area contributed by atoms with Crippen LogP contribution < -0.4 is 15.4 Å². The predicted molar refractivity (Wildman–Crippen MR) is 93.8 cm³/mol. The van der Waals surface area contributed by atoms with E-state index in [1.807, 2.05) is 19.1 Å². The van der Waals surface area contributed by atoms with Crippen LogP contribution in [0.3, 0.4) is 0 Å². The van der Waals surface area contributed by atoms with E-state index in [0.717, 1.165) is 4.88 Å². The van der Waals surface area contributed by atoms with Crippen LogP contribution in [0.25, 0.3) is 0 Å². The molecule has 0 aliphatic heterocycles. The van der Waals surface area contributed by atoms with Crippen molar-refractivity contribution in [3.63, 3.8) is 0 Å². The lowest BCUT2D eigenvalue weighted by molar-refractivity contribution is 0.107. The van der Waals surface area contributed by atoms with E-state index in [0.29, 0.717) is 23.0 Å². The summed E-state index contributed by atoms with van der Waals surface area (Å²) in [5, 5.41) is 6.04. The van der Waals surface area contributed by atoms with Crippen LogP contribution in [0.1, 0.15) is 15.9 Å². The zero-order valence-electron chi connectivity index (χ0n) is 13.2. The van der Waals surface area contributed by atoms with Gasteiger partial charge in [-0.25, -0.2) is 4.79 Å². The molecule has 0 aliphatic rings. The van der Waals surface area contributed by atoms with Gasteiger partial charge in [0.25, 0.3) is 0 Å². The molecule has 0 saturated carbocycles. The molecular formula is C16H19ClN2O3S. The van der Waals surface area contributed by atoms with Crippen LogP contribution in [0, 0.1) is 6.92 Å². The number of anilines is 1. The van der Waals surface area contributed by atoms with Gasteiger partial charge in [0, 0.05) is 21.9 Å². The number of hydrogen-bond donors (Lipinski definition) is 2. The lowest BCUT2D eigenvalue weighted by atomic mass is 10.3. The number of rotatable bonds is 6. The van der Waals surface area contributed by atoms with E-state index in [4.69, 9.17) is 21.1 Å². The first-order valence-electron chi connectivity index (χ1n) is 7.01. The molecule has 2 rings (SSSR count). The van der Waals surface area contributed by atoms with E-state index >= 15 is 0 Å². The number of aryl methyl sites for hydroxylation is 1. The maximum absolute atomic E-state index is 12.1. The second-order valence-electron chi connectivity index (χ2n) is 4.85. The average Bonchev–Trinajstić information content (AvgIpc) is 2.94. The SMILES string of the molecule is COc1ccc(Cl)cc1NC(=O)NC[C@H](OC)c1ccc(C)s1. The highest BCUT2D eigenvalue weighted by Crippen LogP contribution is 2.28. The van der Waals surface area contributed by atoms with Crippen molar-refractivity contribution in [3.8, 4) is 5.75 Å². The second kappa shape index (κ2) is 8.19. The van der Waals surface area contributed by atoms with Crippen LogP contribution in [0.2, 0.25) is 5.02 Å². The highest BCUT2D eigenvalue weighted by molar-refractivity contribution is 7.12. The summed E-state index contributed by atoms with van der Waals surface area (Å²) in [4.78, 5) is 14.4. The summed E-state index contributed by atoms with van der Waals surface area (Å²) >= 11 is 7.59. The molecule has 1 aromatic heterocycles. The number of urea groups is 1. The number of carbonyl (C=O) groups excluding carboxylic acids is 1. The van der Waals surface area contributed by atoms with Gasteiger partial charge < -0.3 is 20.1 Å². The fraction of sp³-hybridized carbons (Fsp3) is 0.312. The molecule has 23 heavy (non-hydrogen) atoms. The lowest BCUT2D eigenvalue weighted by Crippen LogP contribution is -2.32. The van der Waals surface area contributed by atoms with Crippen molar-refractivity contribution >= 4 is 34.7 Å². The monoisotopic (exact) mass is 354 g/mol. The molecule has 1 heterocycles. The van der Waals surface area contributed by atoms with Crippen molar-refractivity contribution in [1.82, 2.24) is 5.32 Å². The minimum Gasteiger partial charge on any atom is -0.495 e. The van der Waals surface area contributed by atoms with E-state index in [9.17, 15) is 4.79 Å². The van der Waals surface area contributed by atoms with E-state index in [2.05, 4.69) is 10.6 Å². The molecule has 2 aromatic rings. The van der Waals surface area contributed by atoms with Gasteiger partial charge in [0.15, 0.2) is 0 Å². The molecule has 5 nitrogen and oxygen atoms in total. The Kier molecular flexibility index (Phi) is 6.27. The molecule has 0 bridgehead atoms. The number of thiophene rings is 1. The third-order valence-electron chi connectivity index (χ3n) is 3.22. The van der Waals surface area contributed by atoms with Crippen molar-refractivity contribution in [1.29, 1.82) is 0 Å². The van der Waals surface area contributed by atoms with Crippen LogP contribution in [0.5, 0.6) is 5.75 Å². The third kappa shape index (κ3) is 4.86. The van der Waals surface area contributed by atoms with Crippen LogP contribution in [0.4, 0.5) is 10.5 Å². The first-order chi connectivity index (χ1) is 11.0. The van der Waals surface area contributed by atoms with E-state index in [-0.39, 0.29) is 12.1 Å². The van der Waals surface area contributed by atoms with E-state index in [1.54, 1.807) is 36.6 Å². The highest BCUT2D eigenvalue weighted by atomic mass is 35.5. The first-order valence-corrected chi connectivity index (χ1v) is 8.20. The molecule has 0 aliphatic carbocycles. The van der Waals surface area contributed by atoms with Crippen LogP contribution >= 0.6 is 22.9 Å². The fourth-order valence-corrected chi connectivity index (χ4v) is 3.18. The minimum absolute atomic E-state index is 0.180. The Morgan fingerprint density at radius 2 is 2.09 bits per heavy atom. The van der Waals surface area contributed by atoms with Crippen LogP contribution in [-0.2, 0) is 4.74 Å². The number of carbonyl (C=O) groups is 1. The molecule has 0 fully saturated rings. The Morgan fingerprint density at radius 3 is 2.70 bits per heavy atom. The molecule has 1 aromatic carbocycles. The van der Waals surface area contributed by atoms with E-state index < -0.39 is 0 Å². The van der Waals surface area contributed by atoms with Crippen LogP contribution in [-0.4, -0.2) is 26.8 Å². The summed E-state index contributed by atoms with van der Waals surface area (Å²) in [7, 11) is 3.16. The van der Waals surface area contributed by atoms with Crippen LogP contribution in [0.15, 0.2) is 30.3 Å². The van der Waals surface area contributed by atoms with Gasteiger partial charge in [-0.15, -0.1) is 11.3 Å². The number of nitrogens with one attached hydrogen (secondary N) is 2. The summed E-state index contributed by atoms with van der Waals surface area (Å²) < 4.78 is 10.6. The van der Waals surface area contributed by atoms with Gasteiger partial charge in [0.1, 0.15) is 11.9 Å². The van der Waals surface area contributed by atoms with Gasteiger partial charge in [-0.05, 0) is 37.3 Å². The largest absolute Gasteiger partial charge is 0.495 e. The number of benzene rings is 1. The molecule has 2 amide bonds. The predicted octanol–water partition coefficient (Wildman–Crippen LogP) is 4.23. The van der Waals surface area contributed by atoms with Crippen molar-refractivity contribution < 1.29 is 14.3 Å². The Bertz CT molecular complexity index is 675. The average molecular weight is 355 g/mol. The molecule has 124 valence electrons. The molecule has 7 heteroatoms. The minimum atomic E-state index is -0.346. The van der Waals surface area contributed by atoms with Gasteiger partial charge in [-0.1, -0.05) is 11.6 Å². The Labute approximate surface area is 144 Å². The molecule has 1 atom stereocenters. The van der Waals surface area contributed by atoms with Crippen molar-refractivity contribution in [2.24, 2.45) is 0 Å². The molecule has 0 unspecified atom stereocenters. The number of amides is 2. The molecule has 0 radical (unpaired) electrons. The number of hydrogen-bond acceptors (Lipinski definition) is 4. The summed E-state index contributed by atoms with van der Waals surface area (Å²) in [5.74, 6) is 0.543. The van der Waals surface area contributed by atoms with Crippen molar-refractivity contribution in [2.45, 2.75) is 13.0 Å². The van der Waals surface area contributed by atoms with Gasteiger partial charge >= 0.3 is 6.03 Å². The summed E-state index contributed by atoms with van der Waals surface area (Å²) in [6.07, 6.45) is -0.180. The normalized spacial score (nSPS) is 11.8. The molecule has 0 spiro atoms. The Balaban J connectivity index is 1.95. The number of ether oxygens (including phenoxy) is 2. The standard InChI is InChI=1S/C16H19ClN2O3S/c1-10-4-7-15(23-10)14(22-3)9-18-16(20)19-12-8-11(17)5-6-13(12)21-2/h4-8,14H,9H2,1-3H3,(H2,18,19,20)/t14-/m0/s1. The zero-order chi connectivity index (χ0) is 16.8. The molecule has 0 saturated heterocycles. The van der Waals surface area contributed by atoms with Crippen molar-refractivity contribution in [3.05, 3.63) is 45.1 Å². The Hall–Kier alpha value is -1.76. The van der Waals surface area contributed by atoms with Gasteiger partial charge in [-0.3, -0.25) is 0 Å². The summed E-state index contributed by atoms with van der Waals surface area (Å²) in [5.41, 5.74) is 0.512. The summed E-state index contributed by atoms with van der Waals surface area (Å²) in [6, 6.07) is 8.72. The van der Waals surface area contributed by atoms with Gasteiger partial charge in [0.05, 0.1) is 19.3 Å². The Morgan fingerprint density at radius 1 is 1.30 bits per heavy atom. The van der Waals surface area contributed by atoms with Crippen molar-refractivity contribution in [2.75, 3.05) is 26.1 Å². The fourth-order valence-electron chi connectivity index (χ4n) is 2.06. The zero-order valence-corrected chi connectivity index (χ0v) is 14.8. The summed E-state index contributed by atoms with van der Waals surface area (Å²) in [6.45, 7) is 2.40. The van der Waals surface area contributed by atoms with Gasteiger partial charge in [0.2, 0.25) is 0 Å². The molecular weight excluding hydrogens is 336 g/mol. The number of halogens is 1. The quantitative estimate of drug-likeness (QED) is 0.816. The lowest BCUT2D eigenvalue weighted by Gasteiger charge is -2.16. The smallest absolute Gasteiger partial charge is 0.319 e. The first kappa shape index (κ1) is 17.6. The molecule has 2 N–H and O–H groups in total.